The SMILES string of the molecule is O=c1[nH]cnc(-c2ccc(F)cc2F)c1Br. The second-order valence-electron chi connectivity index (χ2n) is 3.02. The lowest BCUT2D eigenvalue weighted by atomic mass is 10.1. The predicted molar refractivity (Wildman–Crippen MR) is 57.9 cm³/mol. The zero-order valence-electron chi connectivity index (χ0n) is 7.80. The van der Waals surface area contributed by atoms with Crippen molar-refractivity contribution < 1.29 is 8.78 Å². The van der Waals surface area contributed by atoms with E-state index in [2.05, 4.69) is 25.9 Å². The third-order valence-corrected chi connectivity index (χ3v) is 2.72. The zero-order chi connectivity index (χ0) is 11.7. The molecule has 1 heterocycles. The maximum absolute atomic E-state index is 13.4. The summed E-state index contributed by atoms with van der Waals surface area (Å²) in [4.78, 5) is 17.4. The Balaban J connectivity index is 2.68. The summed E-state index contributed by atoms with van der Waals surface area (Å²) in [5.41, 5.74) is -0.214. The van der Waals surface area contributed by atoms with Gasteiger partial charge in [-0.05, 0) is 28.1 Å². The average molecular weight is 287 g/mol. The molecule has 2 aromatic rings. The number of nitrogens with one attached hydrogen (secondary N) is 1. The molecule has 2 rings (SSSR count). The number of rotatable bonds is 1. The second kappa shape index (κ2) is 4.13. The number of hydrogen-bond acceptors (Lipinski definition) is 2. The first-order chi connectivity index (χ1) is 7.59. The first-order valence-corrected chi connectivity index (χ1v) is 5.07. The molecular weight excluding hydrogens is 282 g/mol. The van der Waals surface area contributed by atoms with E-state index in [9.17, 15) is 13.6 Å². The predicted octanol–water partition coefficient (Wildman–Crippen LogP) is 2.48. The fourth-order valence-electron chi connectivity index (χ4n) is 1.25. The van der Waals surface area contributed by atoms with Crippen molar-refractivity contribution in [3.05, 3.63) is 51.0 Å². The number of aromatic nitrogens is 2. The second-order valence-corrected chi connectivity index (χ2v) is 3.81. The van der Waals surface area contributed by atoms with Gasteiger partial charge in [-0.3, -0.25) is 4.79 Å². The van der Waals surface area contributed by atoms with Crippen LogP contribution in [-0.2, 0) is 0 Å². The Kier molecular flexibility index (Phi) is 2.82. The molecule has 0 aliphatic heterocycles. The Morgan fingerprint density at radius 2 is 2.06 bits per heavy atom. The molecule has 16 heavy (non-hydrogen) atoms. The molecule has 0 saturated carbocycles. The summed E-state index contributed by atoms with van der Waals surface area (Å²) in [5, 5.41) is 0. The molecule has 0 unspecified atom stereocenters. The van der Waals surface area contributed by atoms with E-state index in [1.807, 2.05) is 0 Å². The van der Waals surface area contributed by atoms with Gasteiger partial charge in [0.2, 0.25) is 0 Å². The van der Waals surface area contributed by atoms with E-state index in [4.69, 9.17) is 0 Å². The highest BCUT2D eigenvalue weighted by Gasteiger charge is 2.12. The zero-order valence-corrected chi connectivity index (χ0v) is 9.38. The number of benzene rings is 1. The van der Waals surface area contributed by atoms with Crippen LogP contribution in [0.15, 0.2) is 33.8 Å². The number of halogens is 3. The summed E-state index contributed by atoms with van der Waals surface area (Å²) >= 11 is 3.00. The lowest BCUT2D eigenvalue weighted by Crippen LogP contribution is -2.08. The van der Waals surface area contributed by atoms with Crippen LogP contribution in [0.1, 0.15) is 0 Å². The third-order valence-electron chi connectivity index (χ3n) is 1.98. The van der Waals surface area contributed by atoms with Gasteiger partial charge in [-0.15, -0.1) is 0 Å². The Bertz CT molecular complexity index is 598. The Morgan fingerprint density at radius 3 is 2.75 bits per heavy atom. The largest absolute Gasteiger partial charge is 0.312 e. The van der Waals surface area contributed by atoms with E-state index in [0.717, 1.165) is 18.5 Å². The van der Waals surface area contributed by atoms with Crippen molar-refractivity contribution in [1.29, 1.82) is 0 Å². The molecule has 6 heteroatoms. The molecule has 0 bridgehead atoms. The fraction of sp³-hybridized carbons (Fsp3) is 0. The monoisotopic (exact) mass is 286 g/mol. The highest BCUT2D eigenvalue weighted by molar-refractivity contribution is 9.10. The van der Waals surface area contributed by atoms with Crippen molar-refractivity contribution in [3.63, 3.8) is 0 Å². The molecule has 0 saturated heterocycles. The number of nitrogens with zero attached hydrogens (tertiary/aromatic N) is 1. The highest BCUT2D eigenvalue weighted by atomic mass is 79.9. The Labute approximate surface area is 97.3 Å². The van der Waals surface area contributed by atoms with Gasteiger partial charge in [-0.1, -0.05) is 0 Å². The number of H-pyrrole nitrogens is 1. The first kappa shape index (κ1) is 10.9. The molecular formula is C10H5BrF2N2O. The van der Waals surface area contributed by atoms with Crippen LogP contribution in [-0.4, -0.2) is 9.97 Å². The molecule has 3 nitrogen and oxygen atoms in total. The van der Waals surface area contributed by atoms with Crippen molar-refractivity contribution in [3.8, 4) is 11.3 Å². The topological polar surface area (TPSA) is 45.8 Å². The smallest absolute Gasteiger partial charge is 0.265 e. The van der Waals surface area contributed by atoms with Crippen LogP contribution >= 0.6 is 15.9 Å². The molecule has 1 aromatic heterocycles. The third kappa shape index (κ3) is 1.88. The summed E-state index contributed by atoms with van der Waals surface area (Å²) in [6, 6.07) is 3.08. The number of hydrogen-bond donors (Lipinski definition) is 1. The van der Waals surface area contributed by atoms with Gasteiger partial charge in [0.1, 0.15) is 16.1 Å². The van der Waals surface area contributed by atoms with Crippen molar-refractivity contribution >= 4 is 15.9 Å². The van der Waals surface area contributed by atoms with Crippen molar-refractivity contribution in [2.24, 2.45) is 0 Å². The molecule has 0 aliphatic carbocycles. The van der Waals surface area contributed by atoms with E-state index in [-0.39, 0.29) is 15.7 Å². The van der Waals surface area contributed by atoms with E-state index in [1.165, 1.54) is 6.07 Å². The summed E-state index contributed by atoms with van der Waals surface area (Å²) in [5.74, 6) is -1.44. The van der Waals surface area contributed by atoms with Crippen LogP contribution in [0.5, 0.6) is 0 Å². The van der Waals surface area contributed by atoms with Gasteiger partial charge in [0.25, 0.3) is 5.56 Å². The van der Waals surface area contributed by atoms with Gasteiger partial charge in [-0.25, -0.2) is 13.8 Å². The van der Waals surface area contributed by atoms with E-state index >= 15 is 0 Å². The van der Waals surface area contributed by atoms with Gasteiger partial charge >= 0.3 is 0 Å². The van der Waals surface area contributed by atoms with Crippen LogP contribution in [0, 0.1) is 11.6 Å². The van der Waals surface area contributed by atoms with Crippen LogP contribution in [0.2, 0.25) is 0 Å². The molecule has 0 fully saturated rings. The standard InChI is InChI=1S/C10H5BrF2N2O/c11-8-9(14-4-15-10(8)16)6-2-1-5(12)3-7(6)13/h1-4H,(H,14,15,16). The van der Waals surface area contributed by atoms with E-state index < -0.39 is 17.2 Å². The molecule has 82 valence electrons. The van der Waals surface area contributed by atoms with Crippen molar-refractivity contribution in [1.82, 2.24) is 9.97 Å². The van der Waals surface area contributed by atoms with Gasteiger partial charge in [0, 0.05) is 11.6 Å². The van der Waals surface area contributed by atoms with Crippen molar-refractivity contribution in [2.45, 2.75) is 0 Å². The Hall–Kier alpha value is -1.56. The van der Waals surface area contributed by atoms with Crippen LogP contribution in [0.4, 0.5) is 8.78 Å². The minimum absolute atomic E-state index is 0.0689. The summed E-state index contributed by atoms with van der Waals surface area (Å²) in [7, 11) is 0. The van der Waals surface area contributed by atoms with Crippen LogP contribution in [0.3, 0.4) is 0 Å². The normalized spacial score (nSPS) is 10.4. The van der Waals surface area contributed by atoms with Gasteiger partial charge < -0.3 is 4.98 Å². The average Bonchev–Trinajstić information content (AvgIpc) is 2.23. The van der Waals surface area contributed by atoms with Crippen molar-refractivity contribution in [2.75, 3.05) is 0 Å². The first-order valence-electron chi connectivity index (χ1n) is 4.28. The summed E-state index contributed by atoms with van der Waals surface area (Å²) in [6.07, 6.45) is 1.16. The quantitative estimate of drug-likeness (QED) is 0.875. The number of aromatic amines is 1. The molecule has 1 aromatic carbocycles. The fourth-order valence-corrected chi connectivity index (χ4v) is 1.68. The molecule has 0 spiro atoms. The maximum atomic E-state index is 13.4. The summed E-state index contributed by atoms with van der Waals surface area (Å²) in [6.45, 7) is 0. The molecule has 0 aliphatic rings. The highest BCUT2D eigenvalue weighted by Crippen LogP contribution is 2.25. The van der Waals surface area contributed by atoms with Crippen LogP contribution < -0.4 is 5.56 Å². The van der Waals surface area contributed by atoms with Gasteiger partial charge in [0.05, 0.1) is 12.0 Å². The summed E-state index contributed by atoms with van der Waals surface area (Å²) < 4.78 is 26.2. The molecule has 0 amide bonds. The maximum Gasteiger partial charge on any atom is 0.265 e. The minimum Gasteiger partial charge on any atom is -0.312 e. The molecule has 0 atom stereocenters. The molecule has 0 radical (unpaired) electrons. The lowest BCUT2D eigenvalue weighted by molar-refractivity contribution is 0.585. The van der Waals surface area contributed by atoms with E-state index in [0.29, 0.717) is 0 Å². The van der Waals surface area contributed by atoms with Gasteiger partial charge in [-0.2, -0.15) is 0 Å². The van der Waals surface area contributed by atoms with E-state index in [1.54, 1.807) is 0 Å². The Morgan fingerprint density at radius 1 is 1.31 bits per heavy atom. The van der Waals surface area contributed by atoms with Gasteiger partial charge in [0.15, 0.2) is 0 Å². The minimum atomic E-state index is -0.765. The lowest BCUT2D eigenvalue weighted by Gasteiger charge is -2.03. The van der Waals surface area contributed by atoms with Crippen LogP contribution in [0.25, 0.3) is 11.3 Å². The molecule has 1 N–H and O–H groups in total.